The molecule has 0 unspecified atom stereocenters. The molecule has 0 atom stereocenters. The molecule has 0 fully saturated rings. The van der Waals surface area contributed by atoms with E-state index >= 15 is 0 Å². The summed E-state index contributed by atoms with van der Waals surface area (Å²) in [7, 11) is -3.28. The first-order valence-corrected chi connectivity index (χ1v) is 6.15. The lowest BCUT2D eigenvalue weighted by atomic mass is 10.1. The van der Waals surface area contributed by atoms with Gasteiger partial charge in [-0.2, -0.15) is 4.99 Å². The molecule has 0 amide bonds. The van der Waals surface area contributed by atoms with E-state index in [1.54, 1.807) is 19.9 Å². The number of hydrogen-bond donors (Lipinski definition) is 0. The fraction of sp³-hybridized carbons (Fsp3) is 0.300. The van der Waals surface area contributed by atoms with Crippen LogP contribution in [0.1, 0.15) is 11.1 Å². The number of nitrogens with zero attached hydrogens (tertiary/aromatic N) is 1. The molecule has 0 aliphatic carbocycles. The summed E-state index contributed by atoms with van der Waals surface area (Å²) < 4.78 is 22.8. The average molecular weight is 225 g/mol. The summed E-state index contributed by atoms with van der Waals surface area (Å²) in [5.41, 5.74) is 1.62. The Morgan fingerprint density at radius 1 is 1.27 bits per heavy atom. The molecule has 0 saturated heterocycles. The number of isocyanates is 1. The highest BCUT2D eigenvalue weighted by Gasteiger charge is 2.14. The first-order valence-electron chi connectivity index (χ1n) is 4.26. The summed E-state index contributed by atoms with van der Waals surface area (Å²) >= 11 is 0. The molecule has 0 heterocycles. The Morgan fingerprint density at radius 3 is 2.33 bits per heavy atom. The molecule has 0 N–H and O–H groups in total. The van der Waals surface area contributed by atoms with Crippen LogP contribution in [0.2, 0.25) is 0 Å². The molecule has 1 aromatic rings. The minimum Gasteiger partial charge on any atom is -0.224 e. The lowest BCUT2D eigenvalue weighted by Crippen LogP contribution is -2.00. The summed E-state index contributed by atoms with van der Waals surface area (Å²) in [4.78, 5) is 13.9. The van der Waals surface area contributed by atoms with E-state index in [0.29, 0.717) is 11.3 Å². The number of carbonyl (C=O) groups excluding carboxylic acids is 1. The minimum atomic E-state index is -3.28. The smallest absolute Gasteiger partial charge is 0.224 e. The largest absolute Gasteiger partial charge is 0.240 e. The van der Waals surface area contributed by atoms with E-state index in [0.717, 1.165) is 11.8 Å². The molecule has 0 aliphatic heterocycles. The van der Waals surface area contributed by atoms with Crippen LogP contribution in [0.25, 0.3) is 0 Å². The molecule has 0 bridgehead atoms. The van der Waals surface area contributed by atoms with Crippen molar-refractivity contribution in [1.82, 2.24) is 0 Å². The topological polar surface area (TPSA) is 63.6 Å². The molecule has 0 aliphatic rings. The van der Waals surface area contributed by atoms with E-state index in [1.165, 1.54) is 12.1 Å². The quantitative estimate of drug-likeness (QED) is 0.568. The van der Waals surface area contributed by atoms with Gasteiger partial charge < -0.3 is 0 Å². The van der Waals surface area contributed by atoms with E-state index in [4.69, 9.17) is 0 Å². The van der Waals surface area contributed by atoms with Crippen LogP contribution in [-0.2, 0) is 14.6 Å². The third-order valence-corrected chi connectivity index (χ3v) is 3.38. The summed E-state index contributed by atoms with van der Waals surface area (Å²) in [6, 6.07) is 3.14. The fourth-order valence-corrected chi connectivity index (χ4v) is 2.40. The SMILES string of the molecule is Cc1ccc(S(C)(=O)=O)c(C)c1N=C=O. The van der Waals surface area contributed by atoms with E-state index < -0.39 is 9.84 Å². The van der Waals surface area contributed by atoms with Gasteiger partial charge in [0, 0.05) is 6.26 Å². The average Bonchev–Trinajstić information content (AvgIpc) is 2.09. The van der Waals surface area contributed by atoms with Crippen molar-refractivity contribution in [3.63, 3.8) is 0 Å². The van der Waals surface area contributed by atoms with Gasteiger partial charge in [0.15, 0.2) is 9.84 Å². The predicted molar refractivity (Wildman–Crippen MR) is 56.8 cm³/mol. The van der Waals surface area contributed by atoms with Crippen LogP contribution < -0.4 is 0 Å². The van der Waals surface area contributed by atoms with Gasteiger partial charge in [-0.15, -0.1) is 0 Å². The van der Waals surface area contributed by atoms with E-state index in [9.17, 15) is 13.2 Å². The van der Waals surface area contributed by atoms with Gasteiger partial charge in [-0.05, 0) is 31.0 Å². The Hall–Kier alpha value is -1.45. The summed E-state index contributed by atoms with van der Waals surface area (Å²) in [6.45, 7) is 3.38. The zero-order chi connectivity index (χ0) is 11.6. The predicted octanol–water partition coefficient (Wildman–Crippen LogP) is 1.67. The summed E-state index contributed by atoms with van der Waals surface area (Å²) in [5.74, 6) is 0. The molecular weight excluding hydrogens is 214 g/mol. The molecule has 0 saturated carbocycles. The van der Waals surface area contributed by atoms with Gasteiger partial charge in [0.25, 0.3) is 0 Å². The zero-order valence-electron chi connectivity index (χ0n) is 8.73. The van der Waals surface area contributed by atoms with E-state index in [1.807, 2.05) is 0 Å². The van der Waals surface area contributed by atoms with Gasteiger partial charge in [-0.1, -0.05) is 6.07 Å². The second kappa shape index (κ2) is 3.96. The molecule has 0 aromatic heterocycles. The van der Waals surface area contributed by atoms with E-state index in [-0.39, 0.29) is 4.90 Å². The monoisotopic (exact) mass is 225 g/mol. The number of sulfone groups is 1. The van der Waals surface area contributed by atoms with Gasteiger partial charge in [-0.3, -0.25) is 0 Å². The van der Waals surface area contributed by atoms with Crippen molar-refractivity contribution in [2.45, 2.75) is 18.7 Å². The van der Waals surface area contributed by atoms with Gasteiger partial charge >= 0.3 is 0 Å². The van der Waals surface area contributed by atoms with Crippen molar-refractivity contribution >= 4 is 21.6 Å². The number of hydrogen-bond acceptors (Lipinski definition) is 4. The maximum absolute atomic E-state index is 11.4. The molecule has 15 heavy (non-hydrogen) atoms. The number of aryl methyl sites for hydroxylation is 1. The van der Waals surface area contributed by atoms with Crippen molar-refractivity contribution < 1.29 is 13.2 Å². The van der Waals surface area contributed by atoms with Crippen molar-refractivity contribution in [1.29, 1.82) is 0 Å². The third kappa shape index (κ3) is 2.32. The van der Waals surface area contributed by atoms with Crippen LogP contribution in [0.5, 0.6) is 0 Å². The van der Waals surface area contributed by atoms with Crippen molar-refractivity contribution in [3.05, 3.63) is 23.3 Å². The maximum atomic E-state index is 11.4. The van der Waals surface area contributed by atoms with Gasteiger partial charge in [0.1, 0.15) is 0 Å². The first-order chi connectivity index (χ1) is 6.88. The molecular formula is C10H11NO3S. The second-order valence-corrected chi connectivity index (χ2v) is 5.31. The number of rotatable bonds is 2. The lowest BCUT2D eigenvalue weighted by molar-refractivity contribution is 0.565. The van der Waals surface area contributed by atoms with E-state index in [2.05, 4.69) is 4.99 Å². The fourth-order valence-electron chi connectivity index (χ4n) is 1.44. The molecule has 1 aromatic carbocycles. The Labute approximate surface area is 88.6 Å². The maximum Gasteiger partial charge on any atom is 0.240 e. The highest BCUT2D eigenvalue weighted by molar-refractivity contribution is 7.90. The summed E-state index contributed by atoms with van der Waals surface area (Å²) in [6.07, 6.45) is 2.55. The zero-order valence-corrected chi connectivity index (χ0v) is 9.55. The molecule has 1 rings (SSSR count). The Kier molecular flexibility index (Phi) is 3.07. The number of aliphatic imine (C=N–C) groups is 1. The van der Waals surface area contributed by atoms with Gasteiger partial charge in [0.05, 0.1) is 10.6 Å². The second-order valence-electron chi connectivity index (χ2n) is 3.33. The van der Waals surface area contributed by atoms with Crippen LogP contribution in [0, 0.1) is 13.8 Å². The minimum absolute atomic E-state index is 0.196. The van der Waals surface area contributed by atoms with Crippen LogP contribution in [0.4, 0.5) is 5.69 Å². The molecule has 80 valence electrons. The highest BCUT2D eigenvalue weighted by atomic mass is 32.2. The Morgan fingerprint density at radius 2 is 1.87 bits per heavy atom. The lowest BCUT2D eigenvalue weighted by Gasteiger charge is -2.07. The first kappa shape index (κ1) is 11.6. The highest BCUT2D eigenvalue weighted by Crippen LogP contribution is 2.28. The van der Waals surface area contributed by atoms with Gasteiger partial charge in [-0.25, -0.2) is 13.2 Å². The Bertz CT molecular complexity index is 540. The van der Waals surface area contributed by atoms with Crippen LogP contribution in [0.3, 0.4) is 0 Å². The molecule has 0 radical (unpaired) electrons. The van der Waals surface area contributed by atoms with Gasteiger partial charge in [0.2, 0.25) is 6.08 Å². The standard InChI is InChI=1S/C10H11NO3S/c1-7-4-5-9(15(3,13)14)8(2)10(7)11-6-12/h4-5H,1-3H3. The van der Waals surface area contributed by atoms with Crippen molar-refractivity contribution in [3.8, 4) is 0 Å². The van der Waals surface area contributed by atoms with Crippen LogP contribution in [-0.4, -0.2) is 20.8 Å². The van der Waals surface area contributed by atoms with Crippen LogP contribution >= 0.6 is 0 Å². The number of benzene rings is 1. The molecule has 5 heteroatoms. The van der Waals surface area contributed by atoms with Crippen molar-refractivity contribution in [2.75, 3.05) is 6.26 Å². The molecule has 0 spiro atoms. The molecule has 4 nitrogen and oxygen atoms in total. The third-order valence-electron chi connectivity index (χ3n) is 2.14. The Balaban J connectivity index is 3.63. The normalized spacial score (nSPS) is 10.9. The summed E-state index contributed by atoms with van der Waals surface area (Å²) in [5, 5.41) is 0. The van der Waals surface area contributed by atoms with Crippen LogP contribution in [0.15, 0.2) is 22.0 Å². The van der Waals surface area contributed by atoms with Crippen molar-refractivity contribution in [2.24, 2.45) is 4.99 Å².